The molecular formula is C23H21FN4. The van der Waals surface area contributed by atoms with Crippen molar-refractivity contribution < 1.29 is 4.39 Å². The van der Waals surface area contributed by atoms with E-state index in [0.29, 0.717) is 6.04 Å². The van der Waals surface area contributed by atoms with Crippen molar-refractivity contribution in [2.24, 2.45) is 0 Å². The molecule has 0 radical (unpaired) electrons. The Hall–Kier alpha value is -3.05. The number of rotatable bonds is 3. The number of hydrogen-bond donors (Lipinski definition) is 1. The Balaban J connectivity index is 1.69. The Morgan fingerprint density at radius 1 is 0.929 bits per heavy atom. The van der Waals surface area contributed by atoms with Crippen LogP contribution in [0.5, 0.6) is 0 Å². The van der Waals surface area contributed by atoms with Crippen LogP contribution in [0.2, 0.25) is 0 Å². The largest absolute Gasteiger partial charge is 0.310 e. The third-order valence-corrected chi connectivity index (χ3v) is 5.45. The molecule has 4 heterocycles. The van der Waals surface area contributed by atoms with Gasteiger partial charge in [-0.3, -0.25) is 4.98 Å². The van der Waals surface area contributed by atoms with Gasteiger partial charge in [-0.25, -0.2) is 8.91 Å². The van der Waals surface area contributed by atoms with Crippen LogP contribution < -0.4 is 5.32 Å². The Kier molecular flexibility index (Phi) is 4.37. The van der Waals surface area contributed by atoms with Gasteiger partial charge in [-0.1, -0.05) is 12.5 Å². The zero-order valence-corrected chi connectivity index (χ0v) is 15.5. The van der Waals surface area contributed by atoms with E-state index in [1.54, 1.807) is 24.5 Å². The summed E-state index contributed by atoms with van der Waals surface area (Å²) in [6, 6.07) is 15.2. The molecule has 1 saturated heterocycles. The zero-order valence-electron chi connectivity index (χ0n) is 15.5. The second-order valence-corrected chi connectivity index (χ2v) is 7.26. The number of benzene rings is 1. The van der Waals surface area contributed by atoms with Crippen molar-refractivity contribution in [1.29, 1.82) is 0 Å². The Morgan fingerprint density at radius 2 is 1.75 bits per heavy atom. The summed E-state index contributed by atoms with van der Waals surface area (Å²) in [7, 11) is 0. The van der Waals surface area contributed by atoms with Crippen LogP contribution in [-0.4, -0.2) is 21.1 Å². The molecule has 5 heteroatoms. The lowest BCUT2D eigenvalue weighted by Gasteiger charge is -2.23. The molecule has 4 nitrogen and oxygen atoms in total. The number of hydrogen-bond acceptors (Lipinski definition) is 3. The first-order chi connectivity index (χ1) is 13.8. The van der Waals surface area contributed by atoms with Crippen molar-refractivity contribution in [3.8, 4) is 22.4 Å². The predicted octanol–water partition coefficient (Wildman–Crippen LogP) is 5.02. The molecule has 3 aromatic heterocycles. The molecule has 140 valence electrons. The van der Waals surface area contributed by atoms with Crippen LogP contribution in [-0.2, 0) is 0 Å². The first-order valence-electron chi connectivity index (χ1n) is 9.71. The quantitative estimate of drug-likeness (QED) is 0.549. The van der Waals surface area contributed by atoms with Crippen LogP contribution in [0.1, 0.15) is 30.9 Å². The lowest BCUT2D eigenvalue weighted by molar-refractivity contribution is 0.411. The monoisotopic (exact) mass is 372 g/mol. The van der Waals surface area contributed by atoms with Gasteiger partial charge in [-0.15, -0.1) is 0 Å². The summed E-state index contributed by atoms with van der Waals surface area (Å²) in [5.41, 5.74) is 6.12. The standard InChI is InChI=1S/C23H21FN4/c24-19-7-4-17(5-8-19)23-22(16-10-13-25-14-11-16)21-9-6-18(15-28(21)27-23)20-3-1-2-12-26-20/h4-11,13-15,20,26H,1-3,12H2/t20-/m1/s1. The highest BCUT2D eigenvalue weighted by Crippen LogP contribution is 2.36. The Bertz CT molecular complexity index is 1100. The van der Waals surface area contributed by atoms with E-state index in [1.165, 1.54) is 30.5 Å². The van der Waals surface area contributed by atoms with E-state index in [4.69, 9.17) is 5.10 Å². The van der Waals surface area contributed by atoms with E-state index in [2.05, 4.69) is 28.6 Å². The average molecular weight is 372 g/mol. The number of aromatic nitrogens is 3. The van der Waals surface area contributed by atoms with Gasteiger partial charge in [0.05, 0.1) is 5.52 Å². The van der Waals surface area contributed by atoms with Crippen molar-refractivity contribution in [2.75, 3.05) is 6.54 Å². The van der Waals surface area contributed by atoms with Crippen molar-refractivity contribution >= 4 is 5.52 Å². The van der Waals surface area contributed by atoms with Gasteiger partial charge in [0, 0.05) is 35.8 Å². The molecule has 1 aromatic carbocycles. The maximum absolute atomic E-state index is 13.4. The molecular weight excluding hydrogens is 351 g/mol. The first kappa shape index (κ1) is 17.1. The maximum Gasteiger partial charge on any atom is 0.123 e. The van der Waals surface area contributed by atoms with Gasteiger partial charge in [0.1, 0.15) is 11.5 Å². The summed E-state index contributed by atoms with van der Waals surface area (Å²) < 4.78 is 15.4. The van der Waals surface area contributed by atoms with E-state index in [9.17, 15) is 4.39 Å². The fraction of sp³-hybridized carbons (Fsp3) is 0.217. The van der Waals surface area contributed by atoms with Gasteiger partial charge in [0.25, 0.3) is 0 Å². The van der Waals surface area contributed by atoms with Gasteiger partial charge >= 0.3 is 0 Å². The highest BCUT2D eigenvalue weighted by molar-refractivity contribution is 5.92. The lowest BCUT2D eigenvalue weighted by atomic mass is 9.97. The molecule has 1 fully saturated rings. The molecule has 1 atom stereocenters. The second-order valence-electron chi connectivity index (χ2n) is 7.26. The molecule has 1 N–H and O–H groups in total. The van der Waals surface area contributed by atoms with Crippen molar-refractivity contribution in [3.63, 3.8) is 0 Å². The molecule has 0 unspecified atom stereocenters. The topological polar surface area (TPSA) is 42.2 Å². The summed E-state index contributed by atoms with van der Waals surface area (Å²) >= 11 is 0. The Labute approximate surface area is 163 Å². The molecule has 28 heavy (non-hydrogen) atoms. The van der Waals surface area contributed by atoms with E-state index in [-0.39, 0.29) is 5.82 Å². The van der Waals surface area contributed by atoms with E-state index in [1.807, 2.05) is 16.6 Å². The summed E-state index contributed by atoms with van der Waals surface area (Å²) in [6.07, 6.45) is 9.32. The van der Waals surface area contributed by atoms with Gasteiger partial charge in [0.2, 0.25) is 0 Å². The number of fused-ring (bicyclic) bond motifs is 1. The number of pyridine rings is 2. The summed E-state index contributed by atoms with van der Waals surface area (Å²) in [6.45, 7) is 1.06. The first-order valence-corrected chi connectivity index (χ1v) is 9.71. The summed E-state index contributed by atoms with van der Waals surface area (Å²) in [5, 5.41) is 8.49. The van der Waals surface area contributed by atoms with Crippen molar-refractivity contribution in [2.45, 2.75) is 25.3 Å². The highest BCUT2D eigenvalue weighted by Gasteiger charge is 2.19. The number of piperidine rings is 1. The van der Waals surface area contributed by atoms with Gasteiger partial charge in [0.15, 0.2) is 0 Å². The molecule has 0 amide bonds. The fourth-order valence-electron chi connectivity index (χ4n) is 4.02. The van der Waals surface area contributed by atoms with Crippen molar-refractivity contribution in [3.05, 3.63) is 78.5 Å². The van der Waals surface area contributed by atoms with Crippen LogP contribution in [0.15, 0.2) is 67.1 Å². The van der Waals surface area contributed by atoms with Crippen LogP contribution in [0.3, 0.4) is 0 Å². The minimum atomic E-state index is -0.247. The predicted molar refractivity (Wildman–Crippen MR) is 108 cm³/mol. The van der Waals surface area contributed by atoms with Crippen LogP contribution in [0.25, 0.3) is 27.9 Å². The SMILES string of the molecule is Fc1ccc(-c2nn3cc([C@H]4CCCCN4)ccc3c2-c2ccncc2)cc1. The Morgan fingerprint density at radius 3 is 2.50 bits per heavy atom. The van der Waals surface area contributed by atoms with Gasteiger partial charge in [-0.05, 0) is 73.0 Å². The molecule has 1 aliphatic rings. The lowest BCUT2D eigenvalue weighted by Crippen LogP contribution is -2.26. The second kappa shape index (κ2) is 7.17. The molecule has 4 aromatic rings. The van der Waals surface area contributed by atoms with Crippen LogP contribution in [0.4, 0.5) is 4.39 Å². The third kappa shape index (κ3) is 3.08. The van der Waals surface area contributed by atoms with Gasteiger partial charge in [-0.2, -0.15) is 5.10 Å². The maximum atomic E-state index is 13.4. The summed E-state index contributed by atoms with van der Waals surface area (Å²) in [4.78, 5) is 4.14. The summed E-state index contributed by atoms with van der Waals surface area (Å²) in [5.74, 6) is -0.247. The smallest absolute Gasteiger partial charge is 0.123 e. The molecule has 0 bridgehead atoms. The van der Waals surface area contributed by atoms with Crippen LogP contribution >= 0.6 is 0 Å². The number of nitrogens with zero attached hydrogens (tertiary/aromatic N) is 3. The fourth-order valence-corrected chi connectivity index (χ4v) is 4.02. The molecule has 0 spiro atoms. The van der Waals surface area contributed by atoms with Crippen molar-refractivity contribution in [1.82, 2.24) is 19.9 Å². The number of nitrogens with one attached hydrogen (secondary N) is 1. The molecule has 0 aliphatic carbocycles. The molecule has 1 aliphatic heterocycles. The van der Waals surface area contributed by atoms with Crippen LogP contribution in [0, 0.1) is 5.82 Å². The highest BCUT2D eigenvalue weighted by atomic mass is 19.1. The van der Waals surface area contributed by atoms with Gasteiger partial charge < -0.3 is 5.32 Å². The average Bonchev–Trinajstić information content (AvgIpc) is 3.14. The zero-order chi connectivity index (χ0) is 18.9. The number of halogens is 1. The van der Waals surface area contributed by atoms with E-state index >= 15 is 0 Å². The minimum absolute atomic E-state index is 0.247. The third-order valence-electron chi connectivity index (χ3n) is 5.45. The van der Waals surface area contributed by atoms with E-state index in [0.717, 1.165) is 40.9 Å². The van der Waals surface area contributed by atoms with E-state index < -0.39 is 0 Å². The molecule has 0 saturated carbocycles. The minimum Gasteiger partial charge on any atom is -0.310 e. The normalized spacial score (nSPS) is 17.1. The molecule has 5 rings (SSSR count).